The molecule has 0 saturated heterocycles. The fourth-order valence-corrected chi connectivity index (χ4v) is 2.10. The summed E-state index contributed by atoms with van der Waals surface area (Å²) < 4.78 is 1.20. The normalized spacial score (nSPS) is 9.93. The highest BCUT2D eigenvalue weighted by atomic mass is 127. The second-order valence-corrected chi connectivity index (χ2v) is 4.34. The van der Waals surface area contributed by atoms with E-state index in [0.29, 0.717) is 0 Å². The van der Waals surface area contributed by atoms with Crippen LogP contribution >= 0.6 is 22.6 Å². The maximum absolute atomic E-state index is 4.29. The largest absolute Gasteiger partial charge is 0.256 e. The Labute approximate surface area is 103 Å². The van der Waals surface area contributed by atoms with Crippen molar-refractivity contribution in [2.24, 2.45) is 0 Å². The third-order valence-corrected chi connectivity index (χ3v) is 3.11. The quantitative estimate of drug-likeness (QED) is 0.770. The van der Waals surface area contributed by atoms with Gasteiger partial charge in [-0.05, 0) is 46.4 Å². The smallest absolute Gasteiger partial charge is 0.0702 e. The van der Waals surface area contributed by atoms with Gasteiger partial charge in [-0.25, -0.2) is 0 Å². The van der Waals surface area contributed by atoms with Crippen molar-refractivity contribution in [1.29, 1.82) is 0 Å². The lowest BCUT2D eigenvalue weighted by atomic mass is 10.0. The van der Waals surface area contributed by atoms with E-state index in [1.54, 1.807) is 6.20 Å². The molecule has 2 aromatic rings. The Kier molecular flexibility index (Phi) is 3.16. The molecule has 1 heterocycles. The number of benzene rings is 1. The summed E-state index contributed by atoms with van der Waals surface area (Å²) in [7, 11) is 0. The average Bonchev–Trinajstić information content (AvgIpc) is 2.30. The molecule has 0 N–H and O–H groups in total. The number of hydrogen-bond donors (Lipinski definition) is 0. The van der Waals surface area contributed by atoms with E-state index in [9.17, 15) is 0 Å². The van der Waals surface area contributed by atoms with Gasteiger partial charge in [-0.15, -0.1) is 0 Å². The lowest BCUT2D eigenvalue weighted by molar-refractivity contribution is 1.27. The molecule has 0 unspecified atom stereocenters. The maximum Gasteiger partial charge on any atom is 0.0702 e. The van der Waals surface area contributed by atoms with E-state index < -0.39 is 0 Å². The van der Waals surface area contributed by atoms with Crippen LogP contribution in [0.3, 0.4) is 0 Å². The Morgan fingerprint density at radius 1 is 1.07 bits per heavy atom. The van der Waals surface area contributed by atoms with Crippen molar-refractivity contribution in [3.05, 3.63) is 70.1 Å². The molecule has 1 aromatic heterocycles. The molecule has 0 spiro atoms. The van der Waals surface area contributed by atoms with Crippen LogP contribution < -0.4 is 0 Å². The molecular formula is C13H10IN. The Hall–Kier alpha value is -1.16. The van der Waals surface area contributed by atoms with Crippen LogP contribution in [-0.4, -0.2) is 4.98 Å². The molecule has 74 valence electrons. The second-order valence-electron chi connectivity index (χ2n) is 3.17. The standard InChI is InChI=1S/C13H10IN/c1-10(13-8-4-5-9-15-13)11-6-2-3-7-12(11)14/h2-9H,1H2. The van der Waals surface area contributed by atoms with E-state index >= 15 is 0 Å². The molecule has 1 nitrogen and oxygen atoms in total. The number of hydrogen-bond acceptors (Lipinski definition) is 1. The molecule has 0 radical (unpaired) electrons. The van der Waals surface area contributed by atoms with Gasteiger partial charge >= 0.3 is 0 Å². The van der Waals surface area contributed by atoms with E-state index in [0.717, 1.165) is 16.8 Å². The SMILES string of the molecule is C=C(c1ccccn1)c1ccccc1I. The van der Waals surface area contributed by atoms with Crippen LogP contribution in [0.15, 0.2) is 55.2 Å². The average molecular weight is 307 g/mol. The van der Waals surface area contributed by atoms with E-state index in [1.807, 2.05) is 30.3 Å². The monoisotopic (exact) mass is 307 g/mol. The van der Waals surface area contributed by atoms with Gasteiger partial charge in [0.15, 0.2) is 0 Å². The van der Waals surface area contributed by atoms with Crippen LogP contribution in [0.4, 0.5) is 0 Å². The molecule has 0 bridgehead atoms. The van der Waals surface area contributed by atoms with Gasteiger partial charge in [-0.1, -0.05) is 30.8 Å². The fourth-order valence-electron chi connectivity index (χ4n) is 1.39. The van der Waals surface area contributed by atoms with Crippen molar-refractivity contribution in [2.75, 3.05) is 0 Å². The Balaban J connectivity index is 2.42. The molecule has 0 amide bonds. The van der Waals surface area contributed by atoms with Gasteiger partial charge in [0.05, 0.1) is 5.69 Å². The highest BCUT2D eigenvalue weighted by molar-refractivity contribution is 14.1. The van der Waals surface area contributed by atoms with Gasteiger partial charge in [-0.2, -0.15) is 0 Å². The molecule has 0 aliphatic heterocycles. The van der Waals surface area contributed by atoms with Gasteiger partial charge in [0, 0.05) is 15.3 Å². The lowest BCUT2D eigenvalue weighted by Crippen LogP contribution is -1.91. The van der Waals surface area contributed by atoms with E-state index in [1.165, 1.54) is 3.57 Å². The minimum absolute atomic E-state index is 0.932. The third kappa shape index (κ3) is 2.26. The first-order valence-corrected chi connectivity index (χ1v) is 5.72. The number of rotatable bonds is 2. The predicted molar refractivity (Wildman–Crippen MR) is 71.5 cm³/mol. The summed E-state index contributed by atoms with van der Waals surface area (Å²) in [5.74, 6) is 0. The molecule has 0 aliphatic carbocycles. The molecule has 0 atom stereocenters. The first-order valence-electron chi connectivity index (χ1n) is 4.64. The summed E-state index contributed by atoms with van der Waals surface area (Å²) in [4.78, 5) is 4.29. The molecule has 2 heteroatoms. The third-order valence-electron chi connectivity index (χ3n) is 2.17. The van der Waals surface area contributed by atoms with Crippen molar-refractivity contribution < 1.29 is 0 Å². The number of nitrogens with zero attached hydrogens (tertiary/aromatic N) is 1. The molecule has 15 heavy (non-hydrogen) atoms. The zero-order chi connectivity index (χ0) is 10.7. The Bertz CT molecular complexity index is 477. The molecule has 0 fully saturated rings. The summed E-state index contributed by atoms with van der Waals surface area (Å²) >= 11 is 2.31. The van der Waals surface area contributed by atoms with Gasteiger partial charge < -0.3 is 0 Å². The van der Waals surface area contributed by atoms with Gasteiger partial charge in [0.25, 0.3) is 0 Å². The van der Waals surface area contributed by atoms with E-state index in [2.05, 4.69) is 46.3 Å². The summed E-state index contributed by atoms with van der Waals surface area (Å²) in [6.07, 6.45) is 1.79. The van der Waals surface area contributed by atoms with Crippen LogP contribution in [0.5, 0.6) is 0 Å². The first-order chi connectivity index (χ1) is 7.29. The predicted octanol–water partition coefficient (Wildman–Crippen LogP) is 3.75. The highest BCUT2D eigenvalue weighted by Crippen LogP contribution is 2.23. The van der Waals surface area contributed by atoms with Crippen LogP contribution in [0.25, 0.3) is 5.57 Å². The zero-order valence-electron chi connectivity index (χ0n) is 8.15. The first kappa shape index (κ1) is 10.4. The summed E-state index contributed by atoms with van der Waals surface area (Å²) in [5, 5.41) is 0. The Morgan fingerprint density at radius 3 is 2.47 bits per heavy atom. The van der Waals surface area contributed by atoms with Crippen LogP contribution in [0.2, 0.25) is 0 Å². The molecular weight excluding hydrogens is 297 g/mol. The summed E-state index contributed by atoms with van der Waals surface area (Å²) in [6, 6.07) is 14.0. The minimum atomic E-state index is 0.932. The number of halogens is 1. The number of pyridine rings is 1. The summed E-state index contributed by atoms with van der Waals surface area (Å²) in [6.45, 7) is 4.09. The molecule has 0 aliphatic rings. The molecule has 2 rings (SSSR count). The molecule has 1 aromatic carbocycles. The van der Waals surface area contributed by atoms with Crippen LogP contribution in [-0.2, 0) is 0 Å². The molecule has 0 saturated carbocycles. The van der Waals surface area contributed by atoms with Crippen LogP contribution in [0.1, 0.15) is 11.3 Å². The van der Waals surface area contributed by atoms with Crippen molar-refractivity contribution in [3.63, 3.8) is 0 Å². The van der Waals surface area contributed by atoms with Gasteiger partial charge in [-0.3, -0.25) is 4.98 Å². The topological polar surface area (TPSA) is 12.9 Å². The van der Waals surface area contributed by atoms with Gasteiger partial charge in [0.2, 0.25) is 0 Å². The fraction of sp³-hybridized carbons (Fsp3) is 0. The zero-order valence-corrected chi connectivity index (χ0v) is 10.3. The van der Waals surface area contributed by atoms with Crippen molar-refractivity contribution in [3.8, 4) is 0 Å². The second kappa shape index (κ2) is 4.57. The van der Waals surface area contributed by atoms with Crippen LogP contribution in [0, 0.1) is 3.57 Å². The summed E-state index contributed by atoms with van der Waals surface area (Å²) in [5.41, 5.74) is 3.05. The highest BCUT2D eigenvalue weighted by Gasteiger charge is 2.05. The van der Waals surface area contributed by atoms with E-state index in [-0.39, 0.29) is 0 Å². The number of aromatic nitrogens is 1. The van der Waals surface area contributed by atoms with Crippen molar-refractivity contribution in [2.45, 2.75) is 0 Å². The van der Waals surface area contributed by atoms with Crippen molar-refractivity contribution in [1.82, 2.24) is 4.98 Å². The van der Waals surface area contributed by atoms with Gasteiger partial charge in [0.1, 0.15) is 0 Å². The Morgan fingerprint density at radius 2 is 1.80 bits per heavy atom. The van der Waals surface area contributed by atoms with E-state index in [4.69, 9.17) is 0 Å². The maximum atomic E-state index is 4.29. The minimum Gasteiger partial charge on any atom is -0.256 e. The van der Waals surface area contributed by atoms with Crippen molar-refractivity contribution >= 4 is 28.2 Å². The lowest BCUT2D eigenvalue weighted by Gasteiger charge is -2.06.